The number of carboxylic acid groups (broad SMARTS) is 1. The minimum absolute atomic E-state index is 0.0559. The van der Waals surface area contributed by atoms with Crippen LogP contribution in [-0.2, 0) is 14.3 Å². The number of carbonyl (C=O) groups is 2. The highest BCUT2D eigenvalue weighted by molar-refractivity contribution is 5.87. The standard InChI is InChI=1S/C10H15NO4/c1-2-3-9(12)11-4-5-15-8(7-11)6-10(13)14/h2-3,8H,4-7H2,1H3,(H,13,14). The Morgan fingerprint density at radius 1 is 1.60 bits per heavy atom. The number of aliphatic carboxylic acids is 1. The predicted octanol–water partition coefficient (Wildman–Crippen LogP) is 0.265. The van der Waals surface area contributed by atoms with Crippen LogP contribution in [0.5, 0.6) is 0 Å². The molecule has 15 heavy (non-hydrogen) atoms. The van der Waals surface area contributed by atoms with Crippen LogP contribution in [0.25, 0.3) is 0 Å². The zero-order valence-electron chi connectivity index (χ0n) is 8.68. The molecule has 1 aliphatic heterocycles. The quantitative estimate of drug-likeness (QED) is 0.683. The zero-order chi connectivity index (χ0) is 11.3. The summed E-state index contributed by atoms with van der Waals surface area (Å²) >= 11 is 0. The van der Waals surface area contributed by atoms with Gasteiger partial charge in [-0.05, 0) is 13.0 Å². The molecule has 0 aliphatic carbocycles. The summed E-state index contributed by atoms with van der Waals surface area (Å²) in [5.41, 5.74) is 0. The highest BCUT2D eigenvalue weighted by Gasteiger charge is 2.24. The Balaban J connectivity index is 2.48. The molecule has 0 spiro atoms. The number of nitrogens with zero attached hydrogens (tertiary/aromatic N) is 1. The lowest BCUT2D eigenvalue weighted by molar-refractivity contribution is -0.145. The highest BCUT2D eigenvalue weighted by Crippen LogP contribution is 2.09. The van der Waals surface area contributed by atoms with Crippen molar-refractivity contribution in [1.29, 1.82) is 0 Å². The molecule has 5 nitrogen and oxygen atoms in total. The number of amides is 1. The second-order valence-corrected chi connectivity index (χ2v) is 3.37. The summed E-state index contributed by atoms with van der Waals surface area (Å²) in [4.78, 5) is 23.5. The maximum absolute atomic E-state index is 11.5. The summed E-state index contributed by atoms with van der Waals surface area (Å²) in [5, 5.41) is 8.60. The minimum atomic E-state index is -0.902. The number of carboxylic acids is 1. The Hall–Kier alpha value is -1.36. The third-order valence-electron chi connectivity index (χ3n) is 2.16. The van der Waals surface area contributed by atoms with Crippen molar-refractivity contribution in [2.75, 3.05) is 19.7 Å². The first-order chi connectivity index (χ1) is 7.13. The molecule has 0 aromatic carbocycles. The lowest BCUT2D eigenvalue weighted by Crippen LogP contribution is -2.45. The van der Waals surface area contributed by atoms with Crippen molar-refractivity contribution >= 4 is 11.9 Å². The fraction of sp³-hybridized carbons (Fsp3) is 0.600. The van der Waals surface area contributed by atoms with Gasteiger partial charge in [-0.25, -0.2) is 0 Å². The maximum atomic E-state index is 11.5. The summed E-state index contributed by atoms with van der Waals surface area (Å²) in [6.45, 7) is 3.06. The molecule has 0 aromatic rings. The number of ether oxygens (including phenoxy) is 1. The lowest BCUT2D eigenvalue weighted by Gasteiger charge is -2.31. The molecule has 5 heteroatoms. The number of hydrogen-bond donors (Lipinski definition) is 1. The Morgan fingerprint density at radius 3 is 2.93 bits per heavy atom. The SMILES string of the molecule is CC=CC(=O)N1CCOC(CC(=O)O)C1. The van der Waals surface area contributed by atoms with Crippen molar-refractivity contribution in [2.24, 2.45) is 0 Å². The van der Waals surface area contributed by atoms with Gasteiger partial charge in [0.2, 0.25) is 5.91 Å². The van der Waals surface area contributed by atoms with Gasteiger partial charge in [0.25, 0.3) is 0 Å². The molecule has 1 heterocycles. The summed E-state index contributed by atoms with van der Waals surface area (Å²) in [5.74, 6) is -0.989. The van der Waals surface area contributed by atoms with Gasteiger partial charge < -0.3 is 14.7 Å². The molecule has 1 saturated heterocycles. The van der Waals surface area contributed by atoms with Gasteiger partial charge >= 0.3 is 5.97 Å². The molecule has 0 aromatic heterocycles. The van der Waals surface area contributed by atoms with Gasteiger partial charge in [0.05, 0.1) is 19.1 Å². The van der Waals surface area contributed by atoms with Crippen molar-refractivity contribution in [1.82, 2.24) is 4.90 Å². The fourth-order valence-corrected chi connectivity index (χ4v) is 1.49. The molecule has 1 N–H and O–H groups in total. The van der Waals surface area contributed by atoms with Crippen LogP contribution in [0.2, 0.25) is 0 Å². The number of allylic oxidation sites excluding steroid dienone is 1. The monoisotopic (exact) mass is 213 g/mol. The van der Waals surface area contributed by atoms with Crippen molar-refractivity contribution in [2.45, 2.75) is 19.4 Å². The van der Waals surface area contributed by atoms with E-state index in [0.717, 1.165) is 0 Å². The fourth-order valence-electron chi connectivity index (χ4n) is 1.49. The van der Waals surface area contributed by atoms with Gasteiger partial charge in [-0.1, -0.05) is 6.08 Å². The molecule has 84 valence electrons. The van der Waals surface area contributed by atoms with Crippen LogP contribution in [-0.4, -0.2) is 47.7 Å². The molecule has 0 radical (unpaired) electrons. The Kier molecular flexibility index (Phi) is 4.30. The number of morpholine rings is 1. The largest absolute Gasteiger partial charge is 0.481 e. The van der Waals surface area contributed by atoms with Crippen LogP contribution in [0.1, 0.15) is 13.3 Å². The molecule has 1 unspecified atom stereocenters. The van der Waals surface area contributed by atoms with Crippen LogP contribution in [0, 0.1) is 0 Å². The number of carbonyl (C=O) groups excluding carboxylic acids is 1. The van der Waals surface area contributed by atoms with E-state index < -0.39 is 5.97 Å². The van der Waals surface area contributed by atoms with Crippen LogP contribution in [0.3, 0.4) is 0 Å². The van der Waals surface area contributed by atoms with E-state index in [1.54, 1.807) is 17.9 Å². The van der Waals surface area contributed by atoms with Gasteiger partial charge in [-0.2, -0.15) is 0 Å². The number of rotatable bonds is 3. The van der Waals surface area contributed by atoms with Crippen molar-refractivity contribution in [3.05, 3.63) is 12.2 Å². The van der Waals surface area contributed by atoms with Crippen LogP contribution in [0.15, 0.2) is 12.2 Å². The van der Waals surface area contributed by atoms with E-state index in [9.17, 15) is 9.59 Å². The van der Waals surface area contributed by atoms with Crippen LogP contribution in [0.4, 0.5) is 0 Å². The first kappa shape index (κ1) is 11.7. The van der Waals surface area contributed by atoms with Crippen LogP contribution < -0.4 is 0 Å². The van der Waals surface area contributed by atoms with Gasteiger partial charge in [0.15, 0.2) is 0 Å². The second kappa shape index (κ2) is 5.50. The molecule has 1 fully saturated rings. The summed E-state index contributed by atoms with van der Waals surface area (Å²) in [6.07, 6.45) is 2.71. The molecule has 1 atom stereocenters. The average Bonchev–Trinajstić information content (AvgIpc) is 2.17. The first-order valence-electron chi connectivity index (χ1n) is 4.88. The first-order valence-corrected chi connectivity index (χ1v) is 4.88. The van der Waals surface area contributed by atoms with E-state index in [2.05, 4.69) is 0 Å². The van der Waals surface area contributed by atoms with Gasteiger partial charge in [-0.15, -0.1) is 0 Å². The lowest BCUT2D eigenvalue weighted by atomic mass is 10.2. The topological polar surface area (TPSA) is 66.8 Å². The third-order valence-corrected chi connectivity index (χ3v) is 2.16. The third kappa shape index (κ3) is 3.71. The van der Waals surface area contributed by atoms with Crippen molar-refractivity contribution < 1.29 is 19.4 Å². The maximum Gasteiger partial charge on any atom is 0.306 e. The summed E-state index contributed by atoms with van der Waals surface area (Å²) in [7, 11) is 0. The number of hydrogen-bond acceptors (Lipinski definition) is 3. The zero-order valence-corrected chi connectivity index (χ0v) is 8.68. The minimum Gasteiger partial charge on any atom is -0.481 e. The second-order valence-electron chi connectivity index (χ2n) is 3.37. The van der Waals surface area contributed by atoms with E-state index in [0.29, 0.717) is 19.7 Å². The van der Waals surface area contributed by atoms with E-state index in [1.807, 2.05) is 0 Å². The Labute approximate surface area is 88.3 Å². The van der Waals surface area contributed by atoms with Crippen LogP contribution >= 0.6 is 0 Å². The average molecular weight is 213 g/mol. The van der Waals surface area contributed by atoms with E-state index >= 15 is 0 Å². The normalized spacial score (nSPS) is 21.9. The molecule has 0 bridgehead atoms. The van der Waals surface area contributed by atoms with E-state index in [4.69, 9.17) is 9.84 Å². The Morgan fingerprint density at radius 2 is 2.33 bits per heavy atom. The molecular weight excluding hydrogens is 198 g/mol. The van der Waals surface area contributed by atoms with Crippen molar-refractivity contribution in [3.63, 3.8) is 0 Å². The molecule has 0 saturated carbocycles. The molecule has 1 aliphatic rings. The summed E-state index contributed by atoms with van der Waals surface area (Å²) in [6, 6.07) is 0. The predicted molar refractivity (Wildman–Crippen MR) is 53.4 cm³/mol. The van der Waals surface area contributed by atoms with E-state index in [-0.39, 0.29) is 18.4 Å². The van der Waals surface area contributed by atoms with Gasteiger partial charge in [0, 0.05) is 13.1 Å². The van der Waals surface area contributed by atoms with E-state index in [1.165, 1.54) is 6.08 Å². The molecule has 1 amide bonds. The van der Waals surface area contributed by atoms with Crippen molar-refractivity contribution in [3.8, 4) is 0 Å². The summed E-state index contributed by atoms with van der Waals surface area (Å²) < 4.78 is 5.25. The molecule has 1 rings (SSSR count). The smallest absolute Gasteiger partial charge is 0.306 e. The van der Waals surface area contributed by atoms with Gasteiger partial charge in [0.1, 0.15) is 0 Å². The highest BCUT2D eigenvalue weighted by atomic mass is 16.5. The molecular formula is C10H15NO4. The van der Waals surface area contributed by atoms with Gasteiger partial charge in [-0.3, -0.25) is 9.59 Å². The Bertz CT molecular complexity index is 275.